The van der Waals surface area contributed by atoms with Crippen LogP contribution in [0.15, 0.2) is 16.6 Å². The van der Waals surface area contributed by atoms with Crippen LogP contribution >= 0.6 is 15.9 Å². The summed E-state index contributed by atoms with van der Waals surface area (Å²) in [5, 5.41) is 3.26. The molecule has 1 N–H and O–H groups in total. The van der Waals surface area contributed by atoms with Crippen molar-refractivity contribution in [3.05, 3.63) is 22.2 Å². The molecule has 1 heterocycles. The smallest absolute Gasteiger partial charge is 0.161 e. The minimum Gasteiger partial charge on any atom is -0.493 e. The van der Waals surface area contributed by atoms with Crippen molar-refractivity contribution in [2.24, 2.45) is 0 Å². The average Bonchev–Trinajstić information content (AvgIpc) is 2.17. The van der Waals surface area contributed by atoms with Gasteiger partial charge in [-0.3, -0.25) is 0 Å². The monoisotopic (exact) mass is 271 g/mol. The summed E-state index contributed by atoms with van der Waals surface area (Å²) in [6.45, 7) is 2.07. The number of methoxy groups -OCH3 is 2. The predicted molar refractivity (Wildman–Crippen MR) is 62.9 cm³/mol. The molecule has 0 radical (unpaired) electrons. The van der Waals surface area contributed by atoms with Crippen LogP contribution in [-0.2, 0) is 0 Å². The molecule has 0 amide bonds. The summed E-state index contributed by atoms with van der Waals surface area (Å²) in [4.78, 5) is 0. The first kappa shape index (κ1) is 10.8. The maximum atomic E-state index is 5.28. The van der Waals surface area contributed by atoms with Crippen LogP contribution in [0.3, 0.4) is 0 Å². The zero-order chi connectivity index (χ0) is 10.8. The molecule has 1 saturated heterocycles. The van der Waals surface area contributed by atoms with E-state index in [-0.39, 0.29) is 0 Å². The summed E-state index contributed by atoms with van der Waals surface area (Å²) in [5.74, 6) is 2.14. The van der Waals surface area contributed by atoms with Crippen LogP contribution in [0.25, 0.3) is 0 Å². The number of hydrogen-bond donors (Lipinski definition) is 1. The maximum absolute atomic E-state index is 5.28. The lowest BCUT2D eigenvalue weighted by molar-refractivity contribution is 0.352. The molecule has 4 heteroatoms. The largest absolute Gasteiger partial charge is 0.493 e. The second-order valence-electron chi connectivity index (χ2n) is 3.58. The van der Waals surface area contributed by atoms with Crippen LogP contribution in [-0.4, -0.2) is 27.3 Å². The van der Waals surface area contributed by atoms with E-state index >= 15 is 0 Å². The molecule has 0 aromatic heterocycles. The minimum atomic E-state index is 0.583. The molecule has 1 aromatic rings. The lowest BCUT2D eigenvalue weighted by Crippen LogP contribution is -2.40. The molecule has 15 heavy (non-hydrogen) atoms. The molecule has 3 nitrogen and oxygen atoms in total. The van der Waals surface area contributed by atoms with E-state index in [0.29, 0.717) is 5.92 Å². The number of benzene rings is 1. The van der Waals surface area contributed by atoms with Gasteiger partial charge in [0.05, 0.1) is 14.2 Å². The molecule has 0 atom stereocenters. The molecule has 1 aromatic carbocycles. The fourth-order valence-corrected chi connectivity index (χ4v) is 2.34. The van der Waals surface area contributed by atoms with E-state index < -0.39 is 0 Å². The highest BCUT2D eigenvalue weighted by Gasteiger charge is 2.23. The van der Waals surface area contributed by atoms with Gasteiger partial charge in [-0.25, -0.2) is 0 Å². The van der Waals surface area contributed by atoms with E-state index in [9.17, 15) is 0 Å². The minimum absolute atomic E-state index is 0.583. The van der Waals surface area contributed by atoms with Crippen molar-refractivity contribution in [3.63, 3.8) is 0 Å². The fourth-order valence-electron chi connectivity index (χ4n) is 1.69. The molecule has 1 aliphatic heterocycles. The molecule has 1 aliphatic rings. The second kappa shape index (κ2) is 4.41. The third-order valence-electron chi connectivity index (χ3n) is 2.72. The Balaban J connectivity index is 2.38. The van der Waals surface area contributed by atoms with Crippen molar-refractivity contribution in [1.82, 2.24) is 5.32 Å². The molecule has 0 saturated carbocycles. The summed E-state index contributed by atoms with van der Waals surface area (Å²) in [6.07, 6.45) is 0. The zero-order valence-electron chi connectivity index (χ0n) is 8.84. The Labute approximate surface area is 97.9 Å². The summed E-state index contributed by atoms with van der Waals surface area (Å²) >= 11 is 3.56. The number of rotatable bonds is 3. The van der Waals surface area contributed by atoms with Gasteiger partial charge in [0.25, 0.3) is 0 Å². The zero-order valence-corrected chi connectivity index (χ0v) is 10.4. The number of hydrogen-bond acceptors (Lipinski definition) is 3. The van der Waals surface area contributed by atoms with Crippen LogP contribution < -0.4 is 14.8 Å². The first-order chi connectivity index (χ1) is 7.26. The van der Waals surface area contributed by atoms with E-state index in [2.05, 4.69) is 27.3 Å². The van der Waals surface area contributed by atoms with Gasteiger partial charge in [0.1, 0.15) is 0 Å². The lowest BCUT2D eigenvalue weighted by Gasteiger charge is -2.29. The van der Waals surface area contributed by atoms with Gasteiger partial charge >= 0.3 is 0 Å². The van der Waals surface area contributed by atoms with Gasteiger partial charge in [-0.2, -0.15) is 0 Å². The normalized spacial score (nSPS) is 15.9. The Morgan fingerprint density at radius 1 is 1.20 bits per heavy atom. The van der Waals surface area contributed by atoms with Crippen LogP contribution in [0.4, 0.5) is 0 Å². The van der Waals surface area contributed by atoms with Crippen LogP contribution in [0.1, 0.15) is 11.5 Å². The number of nitrogens with one attached hydrogen (secondary N) is 1. The second-order valence-corrected chi connectivity index (χ2v) is 4.44. The summed E-state index contributed by atoms with van der Waals surface area (Å²) in [6, 6.07) is 4.01. The molecule has 0 bridgehead atoms. The number of ether oxygens (including phenoxy) is 2. The first-order valence-corrected chi connectivity index (χ1v) is 5.67. The molecular weight excluding hydrogens is 258 g/mol. The van der Waals surface area contributed by atoms with Gasteiger partial charge in [-0.05, 0) is 17.7 Å². The predicted octanol–water partition coefficient (Wildman–Crippen LogP) is 2.15. The summed E-state index contributed by atoms with van der Waals surface area (Å²) in [7, 11) is 3.31. The van der Waals surface area contributed by atoms with Crippen LogP contribution in [0, 0.1) is 0 Å². The quantitative estimate of drug-likeness (QED) is 0.914. The highest BCUT2D eigenvalue weighted by molar-refractivity contribution is 9.10. The standard InChI is InChI=1S/C11H14BrNO2/c1-14-10-3-8(7-5-13-6-7)9(12)4-11(10)15-2/h3-4,7,13H,5-6H2,1-2H3. The van der Waals surface area contributed by atoms with Crippen molar-refractivity contribution in [3.8, 4) is 11.5 Å². The molecule has 0 spiro atoms. The van der Waals surface area contributed by atoms with Crippen molar-refractivity contribution in [2.75, 3.05) is 27.3 Å². The van der Waals surface area contributed by atoms with Gasteiger partial charge in [0, 0.05) is 23.5 Å². The van der Waals surface area contributed by atoms with E-state index in [1.807, 2.05) is 6.07 Å². The summed E-state index contributed by atoms with van der Waals surface area (Å²) in [5.41, 5.74) is 1.28. The van der Waals surface area contributed by atoms with Crippen molar-refractivity contribution >= 4 is 15.9 Å². The molecule has 0 aliphatic carbocycles. The Bertz CT molecular complexity index is 364. The molecule has 0 unspecified atom stereocenters. The van der Waals surface area contributed by atoms with Gasteiger partial charge < -0.3 is 14.8 Å². The average molecular weight is 272 g/mol. The Kier molecular flexibility index (Phi) is 3.17. The van der Waals surface area contributed by atoms with E-state index in [0.717, 1.165) is 29.1 Å². The topological polar surface area (TPSA) is 30.5 Å². The Hall–Kier alpha value is -0.740. The van der Waals surface area contributed by atoms with Crippen LogP contribution in [0.2, 0.25) is 0 Å². The Morgan fingerprint density at radius 3 is 2.27 bits per heavy atom. The van der Waals surface area contributed by atoms with Crippen molar-refractivity contribution < 1.29 is 9.47 Å². The Morgan fingerprint density at radius 2 is 1.80 bits per heavy atom. The highest BCUT2D eigenvalue weighted by Crippen LogP contribution is 2.37. The van der Waals surface area contributed by atoms with Gasteiger partial charge in [-0.1, -0.05) is 15.9 Å². The first-order valence-electron chi connectivity index (χ1n) is 4.88. The van der Waals surface area contributed by atoms with E-state index in [4.69, 9.17) is 9.47 Å². The maximum Gasteiger partial charge on any atom is 0.161 e. The van der Waals surface area contributed by atoms with Crippen molar-refractivity contribution in [2.45, 2.75) is 5.92 Å². The third kappa shape index (κ3) is 1.96. The third-order valence-corrected chi connectivity index (χ3v) is 3.41. The van der Waals surface area contributed by atoms with E-state index in [1.54, 1.807) is 14.2 Å². The van der Waals surface area contributed by atoms with Crippen molar-refractivity contribution in [1.29, 1.82) is 0 Å². The fraction of sp³-hybridized carbons (Fsp3) is 0.455. The molecule has 1 fully saturated rings. The molecule has 2 rings (SSSR count). The summed E-state index contributed by atoms with van der Waals surface area (Å²) < 4.78 is 11.6. The van der Waals surface area contributed by atoms with Crippen LogP contribution in [0.5, 0.6) is 11.5 Å². The molecular formula is C11H14BrNO2. The number of halogens is 1. The SMILES string of the molecule is COc1cc(Br)c(C2CNC2)cc1OC. The highest BCUT2D eigenvalue weighted by atomic mass is 79.9. The van der Waals surface area contributed by atoms with E-state index in [1.165, 1.54) is 5.56 Å². The van der Waals surface area contributed by atoms with Gasteiger partial charge in [-0.15, -0.1) is 0 Å². The van der Waals surface area contributed by atoms with Gasteiger partial charge in [0.15, 0.2) is 11.5 Å². The lowest BCUT2D eigenvalue weighted by atomic mass is 9.93. The molecule has 82 valence electrons. The van der Waals surface area contributed by atoms with Gasteiger partial charge in [0.2, 0.25) is 0 Å².